The highest BCUT2D eigenvalue weighted by molar-refractivity contribution is 5.96. The Morgan fingerprint density at radius 2 is 1.78 bits per heavy atom. The highest BCUT2D eigenvalue weighted by Crippen LogP contribution is 2.18. The number of ether oxygens (including phenoxy) is 2. The van der Waals surface area contributed by atoms with Crippen LogP contribution in [0.3, 0.4) is 0 Å². The minimum absolute atomic E-state index is 0.286. The van der Waals surface area contributed by atoms with Crippen molar-refractivity contribution in [1.29, 1.82) is 0 Å². The molecule has 0 aliphatic rings. The summed E-state index contributed by atoms with van der Waals surface area (Å²) in [5.41, 5.74) is 3.09. The summed E-state index contributed by atoms with van der Waals surface area (Å²) in [5, 5.41) is 2.78. The van der Waals surface area contributed by atoms with Crippen molar-refractivity contribution in [2.75, 3.05) is 11.9 Å². The van der Waals surface area contributed by atoms with Gasteiger partial charge < -0.3 is 14.8 Å². The monoisotopic (exact) mass is 369 g/mol. The molecule has 0 bridgehead atoms. The molecule has 27 heavy (non-hydrogen) atoms. The Kier molecular flexibility index (Phi) is 7.41. The average Bonchev–Trinajstić information content (AvgIpc) is 2.61. The van der Waals surface area contributed by atoms with Crippen LogP contribution in [0.2, 0.25) is 0 Å². The van der Waals surface area contributed by atoms with Crippen LogP contribution in [0, 0.1) is 13.8 Å². The van der Waals surface area contributed by atoms with Crippen molar-refractivity contribution in [3.63, 3.8) is 0 Å². The van der Waals surface area contributed by atoms with Crippen LogP contribution >= 0.6 is 0 Å². The van der Waals surface area contributed by atoms with Gasteiger partial charge in [-0.25, -0.2) is 4.79 Å². The molecule has 1 unspecified atom stereocenters. The molecule has 0 spiro atoms. The lowest BCUT2D eigenvalue weighted by Gasteiger charge is -2.16. The predicted octanol–water partition coefficient (Wildman–Crippen LogP) is 4.67. The number of nitrogens with one attached hydrogen (secondary N) is 1. The first kappa shape index (κ1) is 20.5. The highest BCUT2D eigenvalue weighted by Gasteiger charge is 2.16. The summed E-state index contributed by atoms with van der Waals surface area (Å²) in [6.45, 7) is 8.08. The number of hydrogen-bond donors (Lipinski definition) is 1. The van der Waals surface area contributed by atoms with E-state index in [-0.39, 0.29) is 11.9 Å². The molecule has 2 aromatic carbocycles. The van der Waals surface area contributed by atoms with Crippen molar-refractivity contribution in [3.05, 3.63) is 59.2 Å². The third kappa shape index (κ3) is 6.44. The molecule has 0 radical (unpaired) electrons. The van der Waals surface area contributed by atoms with Gasteiger partial charge in [-0.2, -0.15) is 0 Å². The van der Waals surface area contributed by atoms with Crippen molar-refractivity contribution in [2.24, 2.45) is 0 Å². The highest BCUT2D eigenvalue weighted by atomic mass is 16.5. The summed E-state index contributed by atoms with van der Waals surface area (Å²) in [6.07, 6.45) is 1.11. The molecule has 0 fully saturated rings. The van der Waals surface area contributed by atoms with Crippen LogP contribution in [-0.4, -0.2) is 24.6 Å². The quantitative estimate of drug-likeness (QED) is 0.543. The molecule has 1 amide bonds. The van der Waals surface area contributed by atoms with Gasteiger partial charge in [-0.15, -0.1) is 0 Å². The van der Waals surface area contributed by atoms with Gasteiger partial charge >= 0.3 is 5.97 Å². The molecule has 2 rings (SSSR count). The van der Waals surface area contributed by atoms with Crippen LogP contribution in [0.25, 0.3) is 0 Å². The molecule has 0 aliphatic heterocycles. The Bertz CT molecular complexity index is 780. The first-order chi connectivity index (χ1) is 12.9. The third-order valence-corrected chi connectivity index (χ3v) is 3.97. The summed E-state index contributed by atoms with van der Waals surface area (Å²) in [7, 11) is 0. The Hall–Kier alpha value is -2.82. The van der Waals surface area contributed by atoms with Gasteiger partial charge in [0.05, 0.1) is 12.2 Å². The molecule has 1 atom stereocenters. The van der Waals surface area contributed by atoms with Gasteiger partial charge in [0, 0.05) is 5.69 Å². The lowest BCUT2D eigenvalue weighted by molar-refractivity contribution is -0.122. The van der Waals surface area contributed by atoms with Crippen molar-refractivity contribution in [1.82, 2.24) is 0 Å². The number of carbonyl (C=O) groups is 2. The number of aryl methyl sites for hydroxylation is 2. The van der Waals surface area contributed by atoms with Crippen LogP contribution in [0.4, 0.5) is 5.69 Å². The molecule has 2 aromatic rings. The zero-order chi connectivity index (χ0) is 19.8. The average molecular weight is 369 g/mol. The molecular formula is C22H27NO4. The summed E-state index contributed by atoms with van der Waals surface area (Å²) in [6, 6.07) is 12.5. The van der Waals surface area contributed by atoms with Gasteiger partial charge in [-0.3, -0.25) is 4.79 Å². The molecule has 0 saturated carbocycles. The minimum atomic E-state index is -0.675. The second-order valence-corrected chi connectivity index (χ2v) is 6.64. The standard InChI is InChI=1S/C22H27NO4/c1-5-6-10-26-22(25)18-8-7-9-19(14-18)23-21(24)17(4)27-20-12-15(2)11-16(3)13-20/h7-9,11-14,17H,5-6,10H2,1-4H3,(H,23,24). The van der Waals surface area contributed by atoms with Crippen LogP contribution in [0.5, 0.6) is 5.75 Å². The van der Waals surface area contributed by atoms with Gasteiger partial charge in [0.15, 0.2) is 6.10 Å². The largest absolute Gasteiger partial charge is 0.481 e. The number of rotatable bonds is 8. The third-order valence-electron chi connectivity index (χ3n) is 3.97. The molecule has 144 valence electrons. The van der Waals surface area contributed by atoms with E-state index < -0.39 is 6.10 Å². The Labute approximate surface area is 160 Å². The summed E-state index contributed by atoms with van der Waals surface area (Å²) >= 11 is 0. The SMILES string of the molecule is CCCCOC(=O)c1cccc(NC(=O)C(C)Oc2cc(C)cc(C)c2)c1. The Morgan fingerprint density at radius 3 is 2.44 bits per heavy atom. The first-order valence-corrected chi connectivity index (χ1v) is 9.22. The van der Waals surface area contributed by atoms with E-state index in [1.807, 2.05) is 39.0 Å². The number of carbonyl (C=O) groups excluding carboxylic acids is 2. The zero-order valence-electron chi connectivity index (χ0n) is 16.4. The summed E-state index contributed by atoms with van der Waals surface area (Å²) in [5.74, 6) is -0.0202. The van der Waals surface area contributed by atoms with Crippen molar-refractivity contribution >= 4 is 17.6 Å². The predicted molar refractivity (Wildman–Crippen MR) is 106 cm³/mol. The van der Waals surface area contributed by atoms with Crippen molar-refractivity contribution < 1.29 is 19.1 Å². The molecule has 0 heterocycles. The van der Waals surface area contributed by atoms with E-state index in [2.05, 4.69) is 5.32 Å². The van der Waals surface area contributed by atoms with Crippen LogP contribution in [0.15, 0.2) is 42.5 Å². The normalized spacial score (nSPS) is 11.6. The lowest BCUT2D eigenvalue weighted by Crippen LogP contribution is -2.30. The number of amides is 1. The maximum atomic E-state index is 12.4. The zero-order valence-corrected chi connectivity index (χ0v) is 16.4. The topological polar surface area (TPSA) is 64.6 Å². The number of esters is 1. The number of hydrogen-bond acceptors (Lipinski definition) is 4. The fourth-order valence-electron chi connectivity index (χ4n) is 2.62. The fourth-order valence-corrected chi connectivity index (χ4v) is 2.62. The van der Waals surface area contributed by atoms with Crippen molar-refractivity contribution in [2.45, 2.75) is 46.6 Å². The maximum absolute atomic E-state index is 12.4. The van der Waals surface area contributed by atoms with E-state index in [9.17, 15) is 9.59 Å². The summed E-state index contributed by atoms with van der Waals surface area (Å²) in [4.78, 5) is 24.5. The van der Waals surface area contributed by atoms with Gasteiger partial charge in [0.1, 0.15) is 5.75 Å². The van der Waals surface area contributed by atoms with Gasteiger partial charge in [-0.05, 0) is 68.7 Å². The van der Waals surface area contributed by atoms with E-state index in [1.165, 1.54) is 0 Å². The molecule has 1 N–H and O–H groups in total. The van der Waals surface area contributed by atoms with Crippen LogP contribution < -0.4 is 10.1 Å². The molecule has 0 saturated heterocycles. The molecule has 5 heteroatoms. The van der Waals surface area contributed by atoms with E-state index in [0.717, 1.165) is 24.0 Å². The summed E-state index contributed by atoms with van der Waals surface area (Å²) < 4.78 is 11.0. The second kappa shape index (κ2) is 9.76. The van der Waals surface area contributed by atoms with Gasteiger partial charge in [0.25, 0.3) is 5.91 Å². The lowest BCUT2D eigenvalue weighted by atomic mass is 10.1. The van der Waals surface area contributed by atoms with Gasteiger partial charge in [-0.1, -0.05) is 25.5 Å². The second-order valence-electron chi connectivity index (χ2n) is 6.64. The first-order valence-electron chi connectivity index (χ1n) is 9.22. The molecule has 0 aromatic heterocycles. The fraction of sp³-hybridized carbons (Fsp3) is 0.364. The van der Waals surface area contributed by atoms with Crippen molar-refractivity contribution in [3.8, 4) is 5.75 Å². The van der Waals surface area contributed by atoms with Crippen LogP contribution in [-0.2, 0) is 9.53 Å². The maximum Gasteiger partial charge on any atom is 0.338 e. The van der Waals surface area contributed by atoms with E-state index >= 15 is 0 Å². The molecule has 5 nitrogen and oxygen atoms in total. The van der Waals surface area contributed by atoms with E-state index in [1.54, 1.807) is 31.2 Å². The Balaban J connectivity index is 1.98. The number of benzene rings is 2. The van der Waals surface area contributed by atoms with Crippen LogP contribution in [0.1, 0.15) is 48.2 Å². The van der Waals surface area contributed by atoms with E-state index in [4.69, 9.17) is 9.47 Å². The molecule has 0 aliphatic carbocycles. The number of unbranched alkanes of at least 4 members (excludes halogenated alkanes) is 1. The Morgan fingerprint density at radius 1 is 1.07 bits per heavy atom. The molecular weight excluding hydrogens is 342 g/mol. The minimum Gasteiger partial charge on any atom is -0.481 e. The van der Waals surface area contributed by atoms with Gasteiger partial charge in [0.2, 0.25) is 0 Å². The smallest absolute Gasteiger partial charge is 0.338 e. The van der Waals surface area contributed by atoms with E-state index in [0.29, 0.717) is 23.6 Å². The number of anilines is 1.